The van der Waals surface area contributed by atoms with E-state index in [0.717, 1.165) is 0 Å². The van der Waals surface area contributed by atoms with Gasteiger partial charge < -0.3 is 9.79 Å². The van der Waals surface area contributed by atoms with Crippen molar-refractivity contribution >= 4 is 7.60 Å². The van der Waals surface area contributed by atoms with E-state index in [1.54, 1.807) is 0 Å². The van der Waals surface area contributed by atoms with Gasteiger partial charge in [-0.3, -0.25) is 4.57 Å². The Hall–Kier alpha value is 0.0800. The molecule has 0 amide bonds. The van der Waals surface area contributed by atoms with Gasteiger partial charge in [0, 0.05) is 0 Å². The van der Waals surface area contributed by atoms with E-state index in [9.17, 15) is 8.96 Å². The van der Waals surface area contributed by atoms with E-state index in [4.69, 9.17) is 9.79 Å². The second kappa shape index (κ2) is 3.04. The summed E-state index contributed by atoms with van der Waals surface area (Å²) in [6.07, 6.45) is 1.92. The molecule has 0 aromatic rings. The smallest absolute Gasteiger partial charge is 0.324 e. The number of alkyl halides is 1. The summed E-state index contributed by atoms with van der Waals surface area (Å²) >= 11 is 0. The highest BCUT2D eigenvalue weighted by molar-refractivity contribution is 7.53. The van der Waals surface area contributed by atoms with Crippen LogP contribution in [0.1, 0.15) is 39.5 Å². The van der Waals surface area contributed by atoms with Gasteiger partial charge in [0.1, 0.15) is 10.8 Å². The van der Waals surface area contributed by atoms with E-state index >= 15 is 0 Å². The van der Waals surface area contributed by atoms with Crippen LogP contribution in [0.2, 0.25) is 0 Å². The molecule has 2 unspecified atom stereocenters. The van der Waals surface area contributed by atoms with Crippen molar-refractivity contribution in [2.75, 3.05) is 0 Å². The molecule has 78 valence electrons. The molecule has 0 aromatic carbocycles. The van der Waals surface area contributed by atoms with Crippen LogP contribution in [-0.4, -0.2) is 20.6 Å². The Morgan fingerprint density at radius 2 is 1.69 bits per heavy atom. The molecule has 3 nitrogen and oxygen atoms in total. The zero-order valence-electron chi connectivity index (χ0n) is 7.96. The number of hydrogen-bond donors (Lipinski definition) is 2. The molecule has 0 aromatic heterocycles. The van der Waals surface area contributed by atoms with E-state index in [2.05, 4.69) is 0 Å². The van der Waals surface area contributed by atoms with Gasteiger partial charge in [0.25, 0.3) is 0 Å². The highest BCUT2D eigenvalue weighted by Crippen LogP contribution is 2.62. The van der Waals surface area contributed by atoms with Gasteiger partial charge in [-0.25, -0.2) is 4.39 Å². The molecule has 0 bridgehead atoms. The van der Waals surface area contributed by atoms with Crippen molar-refractivity contribution in [2.24, 2.45) is 0 Å². The average Bonchev–Trinajstić information content (AvgIpc) is 1.93. The first-order valence-electron chi connectivity index (χ1n) is 4.45. The van der Waals surface area contributed by atoms with Crippen LogP contribution >= 0.6 is 7.60 Å². The maximum Gasteiger partial charge on any atom is 0.334 e. The molecule has 2 N–H and O–H groups in total. The van der Waals surface area contributed by atoms with Crippen LogP contribution in [-0.2, 0) is 4.57 Å². The summed E-state index contributed by atoms with van der Waals surface area (Å²) in [5.74, 6) is 0. The van der Waals surface area contributed by atoms with Crippen molar-refractivity contribution in [1.82, 2.24) is 0 Å². The van der Waals surface area contributed by atoms with Gasteiger partial charge in [-0.1, -0.05) is 12.8 Å². The molecule has 13 heavy (non-hydrogen) atoms. The fourth-order valence-corrected chi connectivity index (χ4v) is 3.07. The van der Waals surface area contributed by atoms with E-state index in [1.807, 2.05) is 0 Å². The highest BCUT2D eigenvalue weighted by Gasteiger charge is 2.57. The Morgan fingerprint density at radius 1 is 1.23 bits per heavy atom. The first kappa shape index (κ1) is 11.2. The van der Waals surface area contributed by atoms with Crippen molar-refractivity contribution in [1.29, 1.82) is 0 Å². The van der Waals surface area contributed by atoms with Gasteiger partial charge in [-0.15, -0.1) is 0 Å². The predicted octanol–water partition coefficient (Wildman–Crippen LogP) is 2.23. The summed E-state index contributed by atoms with van der Waals surface area (Å²) in [4.78, 5) is 18.2. The molecular weight excluding hydrogens is 194 g/mol. The molecule has 1 fully saturated rings. The summed E-state index contributed by atoms with van der Waals surface area (Å²) in [5.41, 5.74) is -1.75. The topological polar surface area (TPSA) is 57.5 Å². The maximum absolute atomic E-state index is 13.9. The van der Waals surface area contributed by atoms with Gasteiger partial charge in [0.05, 0.1) is 0 Å². The predicted molar refractivity (Wildman–Crippen MR) is 48.4 cm³/mol. The van der Waals surface area contributed by atoms with Crippen LogP contribution in [0.15, 0.2) is 0 Å². The second-order valence-corrected chi connectivity index (χ2v) is 6.30. The minimum absolute atomic E-state index is 0.245. The SMILES string of the molecule is CC1(F)CCCCC1(C)P(=O)(O)O. The first-order valence-corrected chi connectivity index (χ1v) is 6.06. The summed E-state index contributed by atoms with van der Waals surface area (Å²) in [6, 6.07) is 0. The van der Waals surface area contributed by atoms with Crippen LogP contribution in [0.25, 0.3) is 0 Å². The van der Waals surface area contributed by atoms with E-state index in [0.29, 0.717) is 12.8 Å². The minimum Gasteiger partial charge on any atom is -0.324 e. The molecule has 0 heterocycles. The van der Waals surface area contributed by atoms with E-state index in [-0.39, 0.29) is 12.8 Å². The van der Waals surface area contributed by atoms with Gasteiger partial charge in [-0.05, 0) is 26.7 Å². The first-order chi connectivity index (χ1) is 5.71. The Bertz CT molecular complexity index is 248. The lowest BCUT2D eigenvalue weighted by Gasteiger charge is -2.44. The molecule has 2 atom stereocenters. The third-order valence-corrected chi connectivity index (χ3v) is 5.30. The molecular formula is C8H16FO3P. The molecule has 1 rings (SSSR count). The molecule has 1 saturated carbocycles. The molecule has 0 radical (unpaired) electrons. The zero-order chi connectivity index (χ0) is 10.3. The van der Waals surface area contributed by atoms with Gasteiger partial charge >= 0.3 is 7.60 Å². The quantitative estimate of drug-likeness (QED) is 0.652. The fraction of sp³-hybridized carbons (Fsp3) is 1.00. The van der Waals surface area contributed by atoms with Gasteiger partial charge in [-0.2, -0.15) is 0 Å². The Labute approximate surface area is 77.5 Å². The van der Waals surface area contributed by atoms with E-state index in [1.165, 1.54) is 13.8 Å². The van der Waals surface area contributed by atoms with Gasteiger partial charge in [0.15, 0.2) is 0 Å². The second-order valence-electron chi connectivity index (χ2n) is 4.22. The average molecular weight is 210 g/mol. The van der Waals surface area contributed by atoms with Crippen LogP contribution in [0, 0.1) is 0 Å². The lowest BCUT2D eigenvalue weighted by Crippen LogP contribution is -2.48. The van der Waals surface area contributed by atoms with Crippen molar-refractivity contribution in [3.05, 3.63) is 0 Å². The minimum atomic E-state index is -4.35. The standard InChI is InChI=1S/C8H16FO3P/c1-7(9)5-3-4-6-8(7,2)13(10,11)12/h3-6H2,1-2H3,(H2,10,11,12). The number of rotatable bonds is 1. The van der Waals surface area contributed by atoms with Crippen LogP contribution in [0.4, 0.5) is 4.39 Å². The lowest BCUT2D eigenvalue weighted by atomic mass is 9.78. The van der Waals surface area contributed by atoms with Crippen molar-refractivity contribution in [2.45, 2.75) is 50.4 Å². The van der Waals surface area contributed by atoms with Crippen LogP contribution in [0.5, 0.6) is 0 Å². The van der Waals surface area contributed by atoms with Crippen LogP contribution in [0.3, 0.4) is 0 Å². The number of hydrogen-bond acceptors (Lipinski definition) is 1. The summed E-state index contributed by atoms with van der Waals surface area (Å²) in [6.45, 7) is 2.65. The fourth-order valence-electron chi connectivity index (χ4n) is 1.91. The Morgan fingerprint density at radius 3 is 2.00 bits per heavy atom. The maximum atomic E-state index is 13.9. The lowest BCUT2D eigenvalue weighted by molar-refractivity contribution is 0.0687. The third-order valence-electron chi connectivity index (χ3n) is 3.33. The van der Waals surface area contributed by atoms with Crippen molar-refractivity contribution < 1.29 is 18.7 Å². The van der Waals surface area contributed by atoms with E-state index < -0.39 is 18.4 Å². The van der Waals surface area contributed by atoms with Gasteiger partial charge in [0.2, 0.25) is 0 Å². The normalized spacial score (nSPS) is 41.9. The largest absolute Gasteiger partial charge is 0.334 e. The summed E-state index contributed by atoms with van der Waals surface area (Å²) < 4.78 is 25.1. The molecule has 1 aliphatic rings. The van der Waals surface area contributed by atoms with Crippen LogP contribution < -0.4 is 0 Å². The number of halogens is 1. The molecule has 0 spiro atoms. The molecule has 5 heteroatoms. The third kappa shape index (κ3) is 1.67. The molecule has 1 aliphatic carbocycles. The Kier molecular flexibility index (Phi) is 2.61. The molecule has 0 saturated heterocycles. The molecule has 0 aliphatic heterocycles. The zero-order valence-corrected chi connectivity index (χ0v) is 8.85. The summed E-state index contributed by atoms with van der Waals surface area (Å²) in [5, 5.41) is -1.49. The monoisotopic (exact) mass is 210 g/mol. The summed E-state index contributed by atoms with van der Waals surface area (Å²) in [7, 11) is -4.35. The van der Waals surface area contributed by atoms with Crippen molar-refractivity contribution in [3.63, 3.8) is 0 Å². The highest BCUT2D eigenvalue weighted by atomic mass is 31.2. The Balaban J connectivity index is 3.05. The van der Waals surface area contributed by atoms with Crippen molar-refractivity contribution in [3.8, 4) is 0 Å².